The highest BCUT2D eigenvalue weighted by Gasteiger charge is 2.18. The number of hydrogen-bond acceptors (Lipinski definition) is 5. The summed E-state index contributed by atoms with van der Waals surface area (Å²) in [5.74, 6) is -0.309. The van der Waals surface area contributed by atoms with Gasteiger partial charge < -0.3 is 10.1 Å². The minimum absolute atomic E-state index is 0.0807. The predicted molar refractivity (Wildman–Crippen MR) is 95.9 cm³/mol. The molecule has 0 saturated heterocycles. The van der Waals surface area contributed by atoms with Gasteiger partial charge in [-0.2, -0.15) is 0 Å². The summed E-state index contributed by atoms with van der Waals surface area (Å²) in [6.07, 6.45) is 0. The lowest BCUT2D eigenvalue weighted by Crippen LogP contribution is -2.18. The Bertz CT molecular complexity index is 967. The largest absolute Gasteiger partial charge is 0.421 e. The number of hydrogen-bond donors (Lipinski definition) is 1. The van der Waals surface area contributed by atoms with Crippen molar-refractivity contribution in [3.8, 4) is 11.4 Å². The molecule has 1 heterocycles. The quantitative estimate of drug-likeness (QED) is 0.563. The van der Waals surface area contributed by atoms with Crippen LogP contribution in [0.4, 0.5) is 0 Å². The van der Waals surface area contributed by atoms with Crippen LogP contribution in [0, 0.1) is 6.92 Å². The van der Waals surface area contributed by atoms with E-state index in [0.29, 0.717) is 16.4 Å². The van der Waals surface area contributed by atoms with Crippen molar-refractivity contribution >= 4 is 23.5 Å². The molecule has 0 bridgehead atoms. The molecule has 0 aliphatic rings. The fourth-order valence-electron chi connectivity index (χ4n) is 2.30. The molecule has 8 heteroatoms. The zero-order valence-corrected chi connectivity index (χ0v) is 14.8. The Labute approximate surface area is 154 Å². The van der Waals surface area contributed by atoms with Crippen LogP contribution in [-0.2, 0) is 0 Å². The number of nitrogens with zero attached hydrogens (tertiary/aromatic N) is 3. The minimum Gasteiger partial charge on any atom is -0.421 e. The summed E-state index contributed by atoms with van der Waals surface area (Å²) in [5.41, 5.74) is 1.11. The van der Waals surface area contributed by atoms with E-state index in [1.807, 2.05) is 0 Å². The van der Waals surface area contributed by atoms with E-state index in [2.05, 4.69) is 15.4 Å². The molecule has 1 N–H and O–H groups in total. The first-order chi connectivity index (χ1) is 12.5. The third-order valence-corrected chi connectivity index (χ3v) is 3.81. The molecule has 0 fully saturated rings. The molecular formula is C18H15ClN4O3. The van der Waals surface area contributed by atoms with E-state index in [-0.39, 0.29) is 17.5 Å². The van der Waals surface area contributed by atoms with E-state index in [0.717, 1.165) is 5.69 Å². The van der Waals surface area contributed by atoms with Gasteiger partial charge in [-0.25, -0.2) is 14.5 Å². The summed E-state index contributed by atoms with van der Waals surface area (Å²) in [7, 11) is 1.52. The molecule has 3 rings (SSSR count). The summed E-state index contributed by atoms with van der Waals surface area (Å²) in [6, 6.07) is 13.3. The zero-order valence-electron chi connectivity index (χ0n) is 14.1. The molecule has 7 nitrogen and oxygen atoms in total. The Morgan fingerprint density at radius 2 is 1.88 bits per heavy atom. The maximum Gasteiger partial charge on any atom is 0.383 e. The smallest absolute Gasteiger partial charge is 0.383 e. The number of halogens is 1. The van der Waals surface area contributed by atoms with Gasteiger partial charge in [-0.3, -0.25) is 4.79 Å². The molecule has 0 unspecified atom stereocenters. The summed E-state index contributed by atoms with van der Waals surface area (Å²) in [4.78, 5) is 28.1. The lowest BCUT2D eigenvalue weighted by atomic mass is 10.2. The van der Waals surface area contributed by atoms with Crippen LogP contribution in [0.1, 0.15) is 26.8 Å². The maximum atomic E-state index is 12.3. The van der Waals surface area contributed by atoms with Gasteiger partial charge >= 0.3 is 5.97 Å². The van der Waals surface area contributed by atoms with Gasteiger partial charge in [0.1, 0.15) is 11.6 Å². The molecule has 1 aromatic heterocycles. The number of amides is 1. The van der Waals surface area contributed by atoms with Crippen molar-refractivity contribution in [1.82, 2.24) is 20.1 Å². The Balaban J connectivity index is 1.82. The second-order valence-electron chi connectivity index (χ2n) is 5.37. The number of ether oxygens (including phenoxy) is 1. The number of aryl methyl sites for hydroxylation is 1. The standard InChI is InChI=1S/C18H15ClN4O3/c1-11-21-16(22-23(11)14-8-6-13(19)7-9-14)18(25)26-15-5-3-4-12(10-15)17(24)20-2/h3-10H,1-2H3,(H,20,24). The molecule has 132 valence electrons. The van der Waals surface area contributed by atoms with Crippen molar-refractivity contribution in [2.75, 3.05) is 7.05 Å². The van der Waals surface area contributed by atoms with Crippen LogP contribution >= 0.6 is 11.6 Å². The van der Waals surface area contributed by atoms with E-state index in [1.165, 1.54) is 17.8 Å². The maximum absolute atomic E-state index is 12.3. The van der Waals surface area contributed by atoms with Crippen molar-refractivity contribution in [3.63, 3.8) is 0 Å². The van der Waals surface area contributed by atoms with Crippen molar-refractivity contribution in [1.29, 1.82) is 0 Å². The van der Waals surface area contributed by atoms with Crippen molar-refractivity contribution in [3.05, 3.63) is 70.8 Å². The van der Waals surface area contributed by atoms with E-state index in [9.17, 15) is 9.59 Å². The SMILES string of the molecule is CNC(=O)c1cccc(OC(=O)c2nc(C)n(-c3ccc(Cl)cc3)n2)c1. The molecule has 0 atom stereocenters. The molecule has 3 aromatic rings. The summed E-state index contributed by atoms with van der Waals surface area (Å²) in [5, 5.41) is 7.30. The first kappa shape index (κ1) is 17.6. The van der Waals surface area contributed by atoms with E-state index < -0.39 is 5.97 Å². The normalized spacial score (nSPS) is 10.4. The number of nitrogens with one attached hydrogen (secondary N) is 1. The van der Waals surface area contributed by atoms with Crippen molar-refractivity contribution < 1.29 is 14.3 Å². The average Bonchev–Trinajstić information content (AvgIpc) is 3.04. The number of carbonyl (C=O) groups is 2. The van der Waals surface area contributed by atoms with Gasteiger partial charge in [-0.1, -0.05) is 17.7 Å². The molecule has 26 heavy (non-hydrogen) atoms. The molecule has 0 aliphatic carbocycles. The Morgan fingerprint density at radius 1 is 1.15 bits per heavy atom. The van der Waals surface area contributed by atoms with Crippen LogP contribution in [-0.4, -0.2) is 33.7 Å². The van der Waals surface area contributed by atoms with Gasteiger partial charge in [0.15, 0.2) is 0 Å². The Kier molecular flexibility index (Phi) is 4.99. The van der Waals surface area contributed by atoms with Crippen LogP contribution in [0.15, 0.2) is 48.5 Å². The van der Waals surface area contributed by atoms with E-state index in [1.54, 1.807) is 49.4 Å². The first-order valence-corrected chi connectivity index (χ1v) is 8.09. The van der Waals surface area contributed by atoms with Crippen molar-refractivity contribution in [2.45, 2.75) is 6.92 Å². The van der Waals surface area contributed by atoms with Crippen molar-refractivity contribution in [2.24, 2.45) is 0 Å². The lowest BCUT2D eigenvalue weighted by molar-refractivity contribution is 0.0720. The van der Waals surface area contributed by atoms with Gasteiger partial charge in [0.05, 0.1) is 5.69 Å². The summed E-state index contributed by atoms with van der Waals surface area (Å²) >= 11 is 5.88. The average molecular weight is 371 g/mol. The third-order valence-electron chi connectivity index (χ3n) is 3.56. The predicted octanol–water partition coefficient (Wildman–Crippen LogP) is 2.81. The van der Waals surface area contributed by atoms with Gasteiger partial charge in [-0.05, 0) is 49.4 Å². The van der Waals surface area contributed by atoms with Crippen LogP contribution in [0.3, 0.4) is 0 Å². The monoisotopic (exact) mass is 370 g/mol. The lowest BCUT2D eigenvalue weighted by Gasteiger charge is -2.04. The highest BCUT2D eigenvalue weighted by molar-refractivity contribution is 6.30. The molecule has 0 saturated carbocycles. The van der Waals surface area contributed by atoms with E-state index >= 15 is 0 Å². The second kappa shape index (κ2) is 7.37. The second-order valence-corrected chi connectivity index (χ2v) is 5.80. The Morgan fingerprint density at radius 3 is 2.58 bits per heavy atom. The number of carbonyl (C=O) groups excluding carboxylic acids is 2. The topological polar surface area (TPSA) is 86.1 Å². The summed E-state index contributed by atoms with van der Waals surface area (Å²) in [6.45, 7) is 1.73. The van der Waals surface area contributed by atoms with Gasteiger partial charge in [0.25, 0.3) is 11.7 Å². The molecule has 0 aliphatic heterocycles. The highest BCUT2D eigenvalue weighted by atomic mass is 35.5. The molecular weight excluding hydrogens is 356 g/mol. The molecule has 0 spiro atoms. The fourth-order valence-corrected chi connectivity index (χ4v) is 2.43. The van der Waals surface area contributed by atoms with Gasteiger partial charge in [-0.15, -0.1) is 5.10 Å². The van der Waals surface area contributed by atoms with Gasteiger partial charge in [0, 0.05) is 17.6 Å². The first-order valence-electron chi connectivity index (χ1n) is 7.72. The fraction of sp³-hybridized carbons (Fsp3) is 0.111. The molecule has 0 radical (unpaired) electrons. The number of benzene rings is 2. The zero-order chi connectivity index (χ0) is 18.7. The summed E-state index contributed by atoms with van der Waals surface area (Å²) < 4.78 is 6.80. The minimum atomic E-state index is -0.713. The van der Waals surface area contributed by atoms with Crippen LogP contribution < -0.4 is 10.1 Å². The molecule has 1 amide bonds. The van der Waals surface area contributed by atoms with E-state index in [4.69, 9.17) is 16.3 Å². The van der Waals surface area contributed by atoms with Crippen LogP contribution in [0.2, 0.25) is 5.02 Å². The number of aromatic nitrogens is 3. The Hall–Kier alpha value is -3.19. The van der Waals surface area contributed by atoms with Crippen LogP contribution in [0.5, 0.6) is 5.75 Å². The third kappa shape index (κ3) is 3.73. The number of rotatable bonds is 4. The molecule has 2 aromatic carbocycles. The van der Waals surface area contributed by atoms with Crippen LogP contribution in [0.25, 0.3) is 5.69 Å². The van der Waals surface area contributed by atoms with Gasteiger partial charge in [0.2, 0.25) is 0 Å². The number of esters is 1. The highest BCUT2D eigenvalue weighted by Crippen LogP contribution is 2.17.